The molecule has 2 amide bonds. The lowest BCUT2D eigenvalue weighted by atomic mass is 10.1. The van der Waals surface area contributed by atoms with Crippen LogP contribution >= 0.6 is 0 Å². The number of amides is 2. The van der Waals surface area contributed by atoms with Gasteiger partial charge in [-0.1, -0.05) is 48.5 Å². The third-order valence-corrected chi connectivity index (χ3v) is 5.29. The van der Waals surface area contributed by atoms with Gasteiger partial charge in [-0.25, -0.2) is 9.37 Å². The summed E-state index contributed by atoms with van der Waals surface area (Å²) in [5.41, 5.74) is 2.57. The zero-order valence-electron chi connectivity index (χ0n) is 17.6. The Morgan fingerprint density at radius 3 is 2.41 bits per heavy atom. The second-order valence-electron chi connectivity index (χ2n) is 7.44. The molecule has 4 rings (SSSR count). The van der Waals surface area contributed by atoms with Crippen LogP contribution in [0.4, 0.5) is 4.39 Å². The molecule has 1 aromatic heterocycles. The molecule has 2 N–H and O–H groups in total. The number of imidazole rings is 1. The average molecular weight is 430 g/mol. The molecule has 7 heteroatoms. The number of fused-ring (bicyclic) bond motifs is 1. The van der Waals surface area contributed by atoms with Gasteiger partial charge < -0.3 is 15.2 Å². The second kappa shape index (κ2) is 9.43. The van der Waals surface area contributed by atoms with Crippen molar-refractivity contribution in [3.8, 4) is 0 Å². The van der Waals surface area contributed by atoms with Crippen LogP contribution in [0.15, 0.2) is 78.9 Å². The predicted octanol–water partition coefficient (Wildman–Crippen LogP) is 3.54. The van der Waals surface area contributed by atoms with Gasteiger partial charge in [-0.15, -0.1) is 0 Å². The van der Waals surface area contributed by atoms with Crippen LogP contribution in [0, 0.1) is 5.82 Å². The SMILES string of the molecule is Cn1c(CCNC(=O)C(NC(=O)c2ccccc2)c2ccccc2)nc2ccc(F)cc21. The average Bonchev–Trinajstić information content (AvgIpc) is 3.13. The Morgan fingerprint density at radius 2 is 1.69 bits per heavy atom. The predicted molar refractivity (Wildman–Crippen MR) is 120 cm³/mol. The van der Waals surface area contributed by atoms with Crippen LogP contribution in [0.3, 0.4) is 0 Å². The first-order valence-electron chi connectivity index (χ1n) is 10.3. The van der Waals surface area contributed by atoms with E-state index in [1.165, 1.54) is 12.1 Å². The molecule has 0 aliphatic heterocycles. The topological polar surface area (TPSA) is 76.0 Å². The first-order valence-corrected chi connectivity index (χ1v) is 10.3. The van der Waals surface area contributed by atoms with Crippen molar-refractivity contribution in [3.05, 3.63) is 102 Å². The molecule has 0 spiro atoms. The molecule has 6 nitrogen and oxygen atoms in total. The maximum atomic E-state index is 13.5. The monoisotopic (exact) mass is 430 g/mol. The van der Waals surface area contributed by atoms with Crippen molar-refractivity contribution < 1.29 is 14.0 Å². The standard InChI is InChI=1S/C25H23FN4O2/c1-30-21-16-19(26)12-13-20(21)28-22(30)14-15-27-25(32)23(17-8-4-2-5-9-17)29-24(31)18-10-6-3-7-11-18/h2-13,16,23H,14-15H2,1H3,(H,27,32)(H,29,31). The minimum Gasteiger partial charge on any atom is -0.354 e. The van der Waals surface area contributed by atoms with Gasteiger partial charge in [0.2, 0.25) is 5.91 Å². The molecule has 162 valence electrons. The maximum Gasteiger partial charge on any atom is 0.252 e. The van der Waals surface area contributed by atoms with E-state index in [1.54, 1.807) is 42.5 Å². The lowest BCUT2D eigenvalue weighted by Crippen LogP contribution is -2.41. The maximum absolute atomic E-state index is 13.5. The molecule has 0 aliphatic carbocycles. The molecule has 0 aliphatic rings. The minimum atomic E-state index is -0.835. The van der Waals surface area contributed by atoms with Crippen molar-refractivity contribution in [1.82, 2.24) is 20.2 Å². The molecule has 0 radical (unpaired) electrons. The Morgan fingerprint density at radius 1 is 1.00 bits per heavy atom. The molecule has 1 heterocycles. The van der Waals surface area contributed by atoms with Crippen LogP contribution in [0.5, 0.6) is 0 Å². The molecule has 0 bridgehead atoms. The number of benzene rings is 3. The number of aryl methyl sites for hydroxylation is 1. The Labute approximate surface area is 185 Å². The highest BCUT2D eigenvalue weighted by molar-refractivity contribution is 5.97. The number of nitrogens with zero attached hydrogens (tertiary/aromatic N) is 2. The molecule has 0 saturated carbocycles. The lowest BCUT2D eigenvalue weighted by Gasteiger charge is -2.19. The third kappa shape index (κ3) is 4.67. The van der Waals surface area contributed by atoms with Crippen molar-refractivity contribution in [1.29, 1.82) is 0 Å². The fourth-order valence-corrected chi connectivity index (χ4v) is 3.59. The molecule has 0 saturated heterocycles. The molecule has 32 heavy (non-hydrogen) atoms. The normalized spacial score (nSPS) is 11.8. The number of carbonyl (C=O) groups excluding carboxylic acids is 2. The Kier molecular flexibility index (Phi) is 6.26. The van der Waals surface area contributed by atoms with Crippen molar-refractivity contribution in [2.75, 3.05) is 6.54 Å². The van der Waals surface area contributed by atoms with Crippen LogP contribution in [0.25, 0.3) is 11.0 Å². The van der Waals surface area contributed by atoms with E-state index >= 15 is 0 Å². The zero-order chi connectivity index (χ0) is 22.5. The molecular weight excluding hydrogens is 407 g/mol. The number of halogens is 1. The van der Waals surface area contributed by atoms with Gasteiger partial charge in [0, 0.05) is 25.6 Å². The highest BCUT2D eigenvalue weighted by Gasteiger charge is 2.23. The van der Waals surface area contributed by atoms with Crippen molar-refractivity contribution >= 4 is 22.8 Å². The molecule has 4 aromatic rings. The van der Waals surface area contributed by atoms with E-state index in [0.717, 1.165) is 5.82 Å². The van der Waals surface area contributed by atoms with Crippen molar-refractivity contribution in [2.24, 2.45) is 7.05 Å². The summed E-state index contributed by atoms with van der Waals surface area (Å²) in [7, 11) is 1.82. The smallest absolute Gasteiger partial charge is 0.252 e. The fourth-order valence-electron chi connectivity index (χ4n) is 3.59. The van der Waals surface area contributed by atoms with E-state index in [0.29, 0.717) is 35.1 Å². The molecular formula is C25H23FN4O2. The first-order chi connectivity index (χ1) is 15.5. The van der Waals surface area contributed by atoms with E-state index in [1.807, 2.05) is 35.9 Å². The van der Waals surface area contributed by atoms with Gasteiger partial charge in [-0.2, -0.15) is 0 Å². The summed E-state index contributed by atoms with van der Waals surface area (Å²) in [4.78, 5) is 30.2. The lowest BCUT2D eigenvalue weighted by molar-refractivity contribution is -0.123. The van der Waals surface area contributed by atoms with Crippen LogP contribution in [0.2, 0.25) is 0 Å². The summed E-state index contributed by atoms with van der Waals surface area (Å²) >= 11 is 0. The van der Waals surface area contributed by atoms with Gasteiger partial charge >= 0.3 is 0 Å². The Bertz CT molecular complexity index is 1240. The quantitative estimate of drug-likeness (QED) is 0.471. The van der Waals surface area contributed by atoms with Crippen LogP contribution in [0.1, 0.15) is 27.8 Å². The number of rotatable bonds is 7. The van der Waals surface area contributed by atoms with E-state index in [2.05, 4.69) is 15.6 Å². The van der Waals surface area contributed by atoms with Gasteiger partial charge in [0.25, 0.3) is 5.91 Å². The van der Waals surface area contributed by atoms with Gasteiger partial charge in [0.05, 0.1) is 11.0 Å². The fraction of sp³-hybridized carbons (Fsp3) is 0.160. The van der Waals surface area contributed by atoms with Crippen LogP contribution in [-0.4, -0.2) is 27.9 Å². The molecule has 0 fully saturated rings. The Hall–Kier alpha value is -4.00. The molecule has 3 aromatic carbocycles. The van der Waals surface area contributed by atoms with Gasteiger partial charge in [-0.3, -0.25) is 9.59 Å². The van der Waals surface area contributed by atoms with Crippen LogP contribution < -0.4 is 10.6 Å². The highest BCUT2D eigenvalue weighted by atomic mass is 19.1. The zero-order valence-corrected chi connectivity index (χ0v) is 17.6. The van der Waals surface area contributed by atoms with Gasteiger partial charge in [0.1, 0.15) is 17.7 Å². The Balaban J connectivity index is 1.46. The summed E-state index contributed by atoms with van der Waals surface area (Å²) in [5.74, 6) is -0.229. The van der Waals surface area contributed by atoms with Crippen molar-refractivity contribution in [2.45, 2.75) is 12.5 Å². The molecule has 1 atom stereocenters. The number of nitrogens with one attached hydrogen (secondary N) is 2. The molecule has 1 unspecified atom stereocenters. The summed E-state index contributed by atoms with van der Waals surface area (Å²) in [6.45, 7) is 0.322. The summed E-state index contributed by atoms with van der Waals surface area (Å²) in [6.07, 6.45) is 0.465. The van der Waals surface area contributed by atoms with E-state index in [9.17, 15) is 14.0 Å². The second-order valence-corrected chi connectivity index (χ2v) is 7.44. The summed E-state index contributed by atoms with van der Waals surface area (Å²) in [6, 6.07) is 21.5. The highest BCUT2D eigenvalue weighted by Crippen LogP contribution is 2.17. The number of hydrogen-bond acceptors (Lipinski definition) is 3. The van der Waals surface area contributed by atoms with Crippen molar-refractivity contribution in [3.63, 3.8) is 0 Å². The number of aromatic nitrogens is 2. The van der Waals surface area contributed by atoms with Gasteiger partial charge in [-0.05, 0) is 35.9 Å². The summed E-state index contributed by atoms with van der Waals surface area (Å²) < 4.78 is 15.3. The number of hydrogen-bond donors (Lipinski definition) is 2. The first kappa shape index (κ1) is 21.2. The van der Waals surface area contributed by atoms with E-state index < -0.39 is 6.04 Å². The van der Waals surface area contributed by atoms with Crippen LogP contribution in [-0.2, 0) is 18.3 Å². The third-order valence-electron chi connectivity index (χ3n) is 5.29. The minimum absolute atomic E-state index is 0.315. The van der Waals surface area contributed by atoms with Gasteiger partial charge in [0.15, 0.2) is 0 Å². The van der Waals surface area contributed by atoms with E-state index in [4.69, 9.17) is 0 Å². The van der Waals surface area contributed by atoms with E-state index in [-0.39, 0.29) is 17.6 Å². The number of carbonyl (C=O) groups is 2. The summed E-state index contributed by atoms with van der Waals surface area (Å²) in [5, 5.41) is 5.71. The largest absolute Gasteiger partial charge is 0.354 e.